The summed E-state index contributed by atoms with van der Waals surface area (Å²) >= 11 is 0. The van der Waals surface area contributed by atoms with E-state index in [2.05, 4.69) is 15.2 Å². The Morgan fingerprint density at radius 1 is 1.31 bits per heavy atom. The van der Waals surface area contributed by atoms with E-state index in [1.165, 1.54) is 0 Å². The molecule has 0 fully saturated rings. The third-order valence-corrected chi connectivity index (χ3v) is 2.21. The van der Waals surface area contributed by atoms with Crippen molar-refractivity contribution in [3.05, 3.63) is 24.0 Å². The standard InChI is InChI=1S/C11H14N4O/c1-7(12)5-11-13-10-6-8(16-2)3-4-9(10)14-15-11/h3-4,6-7H,5,12H2,1-2H3. The van der Waals surface area contributed by atoms with Gasteiger partial charge in [0.1, 0.15) is 11.3 Å². The van der Waals surface area contributed by atoms with E-state index in [1.54, 1.807) is 7.11 Å². The van der Waals surface area contributed by atoms with Crippen molar-refractivity contribution in [1.82, 2.24) is 15.2 Å². The maximum atomic E-state index is 5.69. The van der Waals surface area contributed by atoms with Crippen LogP contribution >= 0.6 is 0 Å². The van der Waals surface area contributed by atoms with E-state index in [0.29, 0.717) is 12.2 Å². The molecular weight excluding hydrogens is 204 g/mol. The van der Waals surface area contributed by atoms with Gasteiger partial charge in [0.2, 0.25) is 0 Å². The second-order valence-electron chi connectivity index (χ2n) is 3.76. The molecule has 0 saturated heterocycles. The molecule has 1 atom stereocenters. The molecule has 5 nitrogen and oxygen atoms in total. The molecule has 5 heteroatoms. The normalized spacial score (nSPS) is 12.7. The van der Waals surface area contributed by atoms with E-state index in [-0.39, 0.29) is 6.04 Å². The van der Waals surface area contributed by atoms with Crippen LogP contribution in [-0.2, 0) is 6.42 Å². The molecular formula is C11H14N4O. The van der Waals surface area contributed by atoms with Gasteiger partial charge in [-0.15, -0.1) is 10.2 Å². The van der Waals surface area contributed by atoms with Gasteiger partial charge in [0.15, 0.2) is 5.82 Å². The molecule has 0 saturated carbocycles. The molecule has 0 amide bonds. The molecule has 0 spiro atoms. The van der Waals surface area contributed by atoms with Gasteiger partial charge in [0.25, 0.3) is 0 Å². The van der Waals surface area contributed by atoms with Crippen LogP contribution in [0.2, 0.25) is 0 Å². The van der Waals surface area contributed by atoms with E-state index in [0.717, 1.165) is 16.8 Å². The Labute approximate surface area is 93.7 Å². The van der Waals surface area contributed by atoms with Crippen molar-refractivity contribution in [3.63, 3.8) is 0 Å². The smallest absolute Gasteiger partial charge is 0.153 e. The summed E-state index contributed by atoms with van der Waals surface area (Å²) in [5.41, 5.74) is 7.23. The van der Waals surface area contributed by atoms with E-state index in [1.807, 2.05) is 25.1 Å². The zero-order chi connectivity index (χ0) is 11.5. The maximum absolute atomic E-state index is 5.69. The van der Waals surface area contributed by atoms with E-state index < -0.39 is 0 Å². The Morgan fingerprint density at radius 2 is 2.12 bits per heavy atom. The lowest BCUT2D eigenvalue weighted by molar-refractivity contribution is 0.415. The second-order valence-corrected chi connectivity index (χ2v) is 3.76. The molecule has 1 unspecified atom stereocenters. The van der Waals surface area contributed by atoms with Gasteiger partial charge < -0.3 is 10.5 Å². The quantitative estimate of drug-likeness (QED) is 0.829. The number of hydrogen-bond acceptors (Lipinski definition) is 5. The van der Waals surface area contributed by atoms with Gasteiger partial charge in [-0.2, -0.15) is 0 Å². The van der Waals surface area contributed by atoms with Crippen molar-refractivity contribution in [2.45, 2.75) is 19.4 Å². The number of nitrogens with two attached hydrogens (primary N) is 1. The van der Waals surface area contributed by atoms with Crippen molar-refractivity contribution >= 4 is 11.0 Å². The average Bonchev–Trinajstić information content (AvgIpc) is 2.27. The van der Waals surface area contributed by atoms with Crippen molar-refractivity contribution < 1.29 is 4.74 Å². The van der Waals surface area contributed by atoms with Crippen molar-refractivity contribution in [1.29, 1.82) is 0 Å². The molecule has 2 aromatic rings. The topological polar surface area (TPSA) is 73.9 Å². The highest BCUT2D eigenvalue weighted by Gasteiger charge is 2.05. The highest BCUT2D eigenvalue weighted by Crippen LogP contribution is 2.16. The number of ether oxygens (including phenoxy) is 1. The van der Waals surface area contributed by atoms with Crippen LogP contribution in [-0.4, -0.2) is 28.3 Å². The minimum atomic E-state index is 0.0323. The lowest BCUT2D eigenvalue weighted by atomic mass is 10.2. The number of methoxy groups -OCH3 is 1. The summed E-state index contributed by atoms with van der Waals surface area (Å²) in [4.78, 5) is 4.39. The summed E-state index contributed by atoms with van der Waals surface area (Å²) in [7, 11) is 1.62. The first-order chi connectivity index (χ1) is 7.69. The lowest BCUT2D eigenvalue weighted by Crippen LogP contribution is -2.19. The lowest BCUT2D eigenvalue weighted by Gasteiger charge is -2.04. The van der Waals surface area contributed by atoms with Gasteiger partial charge in [-0.25, -0.2) is 4.98 Å². The molecule has 0 radical (unpaired) electrons. The summed E-state index contributed by atoms with van der Waals surface area (Å²) in [5.74, 6) is 1.43. The first-order valence-corrected chi connectivity index (χ1v) is 5.12. The highest BCUT2D eigenvalue weighted by atomic mass is 16.5. The molecule has 2 N–H and O–H groups in total. The van der Waals surface area contributed by atoms with Gasteiger partial charge in [0, 0.05) is 18.5 Å². The van der Waals surface area contributed by atoms with Crippen LogP contribution in [0, 0.1) is 0 Å². The molecule has 0 aliphatic carbocycles. The number of fused-ring (bicyclic) bond motifs is 1. The SMILES string of the molecule is COc1ccc2nnc(CC(C)N)nc2c1. The zero-order valence-corrected chi connectivity index (χ0v) is 9.34. The third-order valence-electron chi connectivity index (χ3n) is 2.21. The first kappa shape index (κ1) is 10.8. The second kappa shape index (κ2) is 4.40. The van der Waals surface area contributed by atoms with Gasteiger partial charge in [0.05, 0.1) is 12.6 Å². The first-order valence-electron chi connectivity index (χ1n) is 5.12. The van der Waals surface area contributed by atoms with Crippen LogP contribution in [0.25, 0.3) is 11.0 Å². The number of hydrogen-bond donors (Lipinski definition) is 1. The maximum Gasteiger partial charge on any atom is 0.153 e. The molecule has 1 aromatic heterocycles. The summed E-state index contributed by atoms with van der Waals surface area (Å²) in [6.45, 7) is 1.92. The molecule has 84 valence electrons. The van der Waals surface area contributed by atoms with Crippen LogP contribution in [0.3, 0.4) is 0 Å². The fraction of sp³-hybridized carbons (Fsp3) is 0.364. The monoisotopic (exact) mass is 218 g/mol. The Kier molecular flexibility index (Phi) is 2.96. The Balaban J connectivity index is 2.42. The number of nitrogens with zero attached hydrogens (tertiary/aromatic N) is 3. The van der Waals surface area contributed by atoms with Crippen LogP contribution in [0.5, 0.6) is 5.75 Å². The molecule has 2 rings (SSSR count). The summed E-state index contributed by atoms with van der Waals surface area (Å²) in [6.07, 6.45) is 0.625. The number of aromatic nitrogens is 3. The van der Waals surface area contributed by atoms with Gasteiger partial charge >= 0.3 is 0 Å². The van der Waals surface area contributed by atoms with E-state index >= 15 is 0 Å². The van der Waals surface area contributed by atoms with Crippen LogP contribution in [0.15, 0.2) is 18.2 Å². The van der Waals surface area contributed by atoms with E-state index in [4.69, 9.17) is 10.5 Å². The fourth-order valence-corrected chi connectivity index (χ4v) is 1.45. The fourth-order valence-electron chi connectivity index (χ4n) is 1.45. The van der Waals surface area contributed by atoms with Crippen molar-refractivity contribution in [2.24, 2.45) is 5.73 Å². The minimum absolute atomic E-state index is 0.0323. The Morgan fingerprint density at radius 3 is 2.81 bits per heavy atom. The highest BCUT2D eigenvalue weighted by molar-refractivity contribution is 5.75. The van der Waals surface area contributed by atoms with Crippen LogP contribution in [0.4, 0.5) is 0 Å². The number of rotatable bonds is 3. The Bertz CT molecular complexity index is 498. The van der Waals surface area contributed by atoms with Gasteiger partial charge in [-0.1, -0.05) is 0 Å². The summed E-state index contributed by atoms with van der Waals surface area (Å²) in [6, 6.07) is 5.55. The van der Waals surface area contributed by atoms with Crippen LogP contribution in [0.1, 0.15) is 12.7 Å². The minimum Gasteiger partial charge on any atom is -0.497 e. The Hall–Kier alpha value is -1.75. The summed E-state index contributed by atoms with van der Waals surface area (Å²) in [5, 5.41) is 8.11. The van der Waals surface area contributed by atoms with Gasteiger partial charge in [-0.3, -0.25) is 0 Å². The molecule has 16 heavy (non-hydrogen) atoms. The van der Waals surface area contributed by atoms with Crippen molar-refractivity contribution in [2.75, 3.05) is 7.11 Å². The average molecular weight is 218 g/mol. The largest absolute Gasteiger partial charge is 0.497 e. The van der Waals surface area contributed by atoms with Crippen LogP contribution < -0.4 is 10.5 Å². The van der Waals surface area contributed by atoms with Gasteiger partial charge in [-0.05, 0) is 19.1 Å². The summed E-state index contributed by atoms with van der Waals surface area (Å²) < 4.78 is 5.13. The predicted octanol–water partition coefficient (Wildman–Crippen LogP) is 0.923. The molecule has 1 aromatic carbocycles. The molecule has 1 heterocycles. The predicted molar refractivity (Wildman–Crippen MR) is 61.2 cm³/mol. The molecule has 0 bridgehead atoms. The molecule has 0 aliphatic rings. The third kappa shape index (κ3) is 2.25. The number of benzene rings is 1. The molecule has 0 aliphatic heterocycles. The van der Waals surface area contributed by atoms with Crippen molar-refractivity contribution in [3.8, 4) is 5.75 Å². The van der Waals surface area contributed by atoms with E-state index in [9.17, 15) is 0 Å². The zero-order valence-electron chi connectivity index (χ0n) is 9.34.